The molecular weight excluding hydrogens is 206 g/mol. The molecule has 16 heavy (non-hydrogen) atoms. The number of alkyl halides is 2. The van der Waals surface area contributed by atoms with Gasteiger partial charge in [-0.05, 0) is 29.1 Å². The first-order valence-corrected chi connectivity index (χ1v) is 6.31. The predicted molar refractivity (Wildman–Crippen MR) is 64.9 cm³/mol. The average Bonchev–Trinajstić information content (AvgIpc) is 1.97. The molecule has 0 amide bonds. The van der Waals surface area contributed by atoms with Crippen LogP contribution in [-0.2, 0) is 0 Å². The van der Waals surface area contributed by atoms with Crippen molar-refractivity contribution in [3.05, 3.63) is 0 Å². The lowest BCUT2D eigenvalue weighted by Gasteiger charge is -2.45. The van der Waals surface area contributed by atoms with E-state index in [0.717, 1.165) is 0 Å². The highest BCUT2D eigenvalue weighted by Crippen LogP contribution is 2.48. The van der Waals surface area contributed by atoms with Gasteiger partial charge in [-0.1, -0.05) is 41.5 Å². The zero-order chi connectivity index (χ0) is 12.7. The lowest BCUT2D eigenvalue weighted by Crippen LogP contribution is -2.44. The van der Waals surface area contributed by atoms with Crippen molar-refractivity contribution in [2.45, 2.75) is 66.7 Å². The van der Waals surface area contributed by atoms with Crippen LogP contribution in [0.1, 0.15) is 54.4 Å². The summed E-state index contributed by atoms with van der Waals surface area (Å²) in [6.45, 7) is 12.3. The Morgan fingerprint density at radius 1 is 0.688 bits per heavy atom. The summed E-state index contributed by atoms with van der Waals surface area (Å²) in [6.07, 6.45) is -1.19. The Balaban J connectivity index is 2.85. The first-order valence-electron chi connectivity index (χ1n) is 6.31. The van der Waals surface area contributed by atoms with E-state index in [0.29, 0.717) is 6.42 Å². The highest BCUT2D eigenvalue weighted by molar-refractivity contribution is 4.94. The summed E-state index contributed by atoms with van der Waals surface area (Å²) in [6, 6.07) is 0. The maximum absolute atomic E-state index is 13.9. The second kappa shape index (κ2) is 4.27. The summed E-state index contributed by atoms with van der Waals surface area (Å²) in [5, 5.41) is 0. The average molecular weight is 232 g/mol. The molecule has 1 aliphatic carbocycles. The largest absolute Gasteiger partial charge is 0.247 e. The first-order chi connectivity index (χ1) is 7.03. The molecule has 2 heteroatoms. The summed E-state index contributed by atoms with van der Waals surface area (Å²) < 4.78 is 27.8. The summed E-state index contributed by atoms with van der Waals surface area (Å²) in [7, 11) is 0. The second-order valence-corrected chi connectivity index (χ2v) is 7.45. The van der Waals surface area contributed by atoms with Crippen molar-refractivity contribution in [2.75, 3.05) is 0 Å². The van der Waals surface area contributed by atoms with Crippen LogP contribution >= 0.6 is 0 Å². The molecule has 0 heterocycles. The topological polar surface area (TPSA) is 0 Å². The van der Waals surface area contributed by atoms with Gasteiger partial charge in [-0.2, -0.15) is 0 Å². The molecule has 0 nitrogen and oxygen atoms in total. The van der Waals surface area contributed by atoms with Gasteiger partial charge >= 0.3 is 0 Å². The lowest BCUT2D eigenvalue weighted by molar-refractivity contribution is -0.0342. The van der Waals surface area contributed by atoms with E-state index in [4.69, 9.17) is 0 Å². The Kier molecular flexibility index (Phi) is 3.71. The van der Waals surface area contributed by atoms with Crippen LogP contribution in [0.25, 0.3) is 0 Å². The zero-order valence-corrected chi connectivity index (χ0v) is 11.5. The van der Waals surface area contributed by atoms with Crippen molar-refractivity contribution in [1.29, 1.82) is 0 Å². The SMILES string of the molecule is CC(C)(C)C1CC(C(C)(C)C)C(F)CC1F. The number of hydrogen-bond donors (Lipinski definition) is 0. The third-order valence-corrected chi connectivity index (χ3v) is 4.06. The molecule has 1 fully saturated rings. The third kappa shape index (κ3) is 2.95. The Labute approximate surface area is 98.8 Å². The zero-order valence-electron chi connectivity index (χ0n) is 11.5. The van der Waals surface area contributed by atoms with Crippen molar-refractivity contribution in [2.24, 2.45) is 22.7 Å². The molecule has 4 atom stereocenters. The molecule has 0 radical (unpaired) electrons. The van der Waals surface area contributed by atoms with Gasteiger partial charge < -0.3 is 0 Å². The van der Waals surface area contributed by atoms with E-state index in [9.17, 15) is 8.78 Å². The van der Waals surface area contributed by atoms with Gasteiger partial charge in [0.05, 0.1) is 0 Å². The van der Waals surface area contributed by atoms with Gasteiger partial charge in [0.25, 0.3) is 0 Å². The molecule has 1 saturated carbocycles. The quantitative estimate of drug-likeness (QED) is 0.564. The third-order valence-electron chi connectivity index (χ3n) is 4.06. The van der Waals surface area contributed by atoms with Crippen LogP contribution in [0.2, 0.25) is 0 Å². The molecule has 0 N–H and O–H groups in total. The Morgan fingerprint density at radius 3 is 1.25 bits per heavy atom. The molecule has 0 aromatic rings. The predicted octanol–water partition coefficient (Wildman–Crippen LogP) is 4.78. The maximum atomic E-state index is 13.9. The monoisotopic (exact) mass is 232 g/mol. The van der Waals surface area contributed by atoms with Gasteiger partial charge in [-0.15, -0.1) is 0 Å². The van der Waals surface area contributed by atoms with Crippen LogP contribution in [0, 0.1) is 22.7 Å². The van der Waals surface area contributed by atoms with Gasteiger partial charge in [0.2, 0.25) is 0 Å². The molecule has 0 bridgehead atoms. The van der Waals surface area contributed by atoms with Crippen LogP contribution in [0.4, 0.5) is 8.78 Å². The molecule has 0 aromatic carbocycles. The van der Waals surface area contributed by atoms with Gasteiger partial charge in [-0.25, -0.2) is 8.78 Å². The van der Waals surface area contributed by atoms with E-state index in [1.54, 1.807) is 0 Å². The van der Waals surface area contributed by atoms with E-state index in [2.05, 4.69) is 41.5 Å². The Bertz CT molecular complexity index is 210. The smallest absolute Gasteiger partial charge is 0.106 e. The molecule has 0 aliphatic heterocycles. The van der Waals surface area contributed by atoms with Crippen molar-refractivity contribution < 1.29 is 8.78 Å². The van der Waals surface area contributed by atoms with Crippen molar-refractivity contribution >= 4 is 0 Å². The second-order valence-electron chi connectivity index (χ2n) is 7.45. The molecule has 0 spiro atoms. The summed E-state index contributed by atoms with van der Waals surface area (Å²) in [5.74, 6) is -0.0209. The minimum Gasteiger partial charge on any atom is -0.247 e. The summed E-state index contributed by atoms with van der Waals surface area (Å²) in [4.78, 5) is 0. The van der Waals surface area contributed by atoms with E-state index < -0.39 is 12.3 Å². The normalized spacial score (nSPS) is 37.5. The minimum atomic E-state index is -0.978. The fraction of sp³-hybridized carbons (Fsp3) is 1.00. The summed E-state index contributed by atoms with van der Waals surface area (Å²) in [5.41, 5.74) is -0.133. The van der Waals surface area contributed by atoms with E-state index >= 15 is 0 Å². The van der Waals surface area contributed by atoms with Crippen LogP contribution in [0.3, 0.4) is 0 Å². The fourth-order valence-corrected chi connectivity index (χ4v) is 2.90. The first kappa shape index (κ1) is 13.9. The molecule has 0 aromatic heterocycles. The lowest BCUT2D eigenvalue weighted by atomic mass is 9.62. The van der Waals surface area contributed by atoms with Crippen molar-refractivity contribution in [3.8, 4) is 0 Å². The van der Waals surface area contributed by atoms with Crippen molar-refractivity contribution in [1.82, 2.24) is 0 Å². The summed E-state index contributed by atoms with van der Waals surface area (Å²) >= 11 is 0. The van der Waals surface area contributed by atoms with E-state index in [1.165, 1.54) is 0 Å². The highest BCUT2D eigenvalue weighted by Gasteiger charge is 2.46. The Morgan fingerprint density at radius 2 is 1.00 bits per heavy atom. The number of halogens is 2. The van der Waals surface area contributed by atoms with Crippen molar-refractivity contribution in [3.63, 3.8) is 0 Å². The van der Waals surface area contributed by atoms with Crippen LogP contribution in [0.15, 0.2) is 0 Å². The molecule has 0 saturated heterocycles. The van der Waals surface area contributed by atoms with E-state index in [1.807, 2.05) is 0 Å². The van der Waals surface area contributed by atoms with Gasteiger partial charge in [0.1, 0.15) is 12.3 Å². The number of rotatable bonds is 0. The van der Waals surface area contributed by atoms with Gasteiger partial charge in [0.15, 0.2) is 0 Å². The molecule has 1 aliphatic rings. The molecule has 1 rings (SSSR count). The van der Waals surface area contributed by atoms with Crippen LogP contribution < -0.4 is 0 Å². The fourth-order valence-electron chi connectivity index (χ4n) is 2.90. The standard InChI is InChI=1S/C14H26F2/c1-13(2,3)9-7-10(14(4,5)6)12(16)8-11(9)15/h9-12H,7-8H2,1-6H3. The van der Waals surface area contributed by atoms with Gasteiger partial charge in [0, 0.05) is 6.42 Å². The minimum absolute atomic E-state index is 0.0104. The number of hydrogen-bond acceptors (Lipinski definition) is 0. The maximum Gasteiger partial charge on any atom is 0.106 e. The van der Waals surface area contributed by atoms with E-state index in [-0.39, 0.29) is 29.1 Å². The molecule has 96 valence electrons. The molecular formula is C14H26F2. The van der Waals surface area contributed by atoms with Gasteiger partial charge in [-0.3, -0.25) is 0 Å². The van der Waals surface area contributed by atoms with Crippen LogP contribution in [-0.4, -0.2) is 12.3 Å². The van der Waals surface area contributed by atoms with Crippen LogP contribution in [0.5, 0.6) is 0 Å². The molecule has 4 unspecified atom stereocenters. The highest BCUT2D eigenvalue weighted by atomic mass is 19.1. The Hall–Kier alpha value is -0.140.